The van der Waals surface area contributed by atoms with Gasteiger partial charge in [0.15, 0.2) is 0 Å². The van der Waals surface area contributed by atoms with Crippen LogP contribution in [0.25, 0.3) is 49.6 Å². The first-order valence-corrected chi connectivity index (χ1v) is 16.4. The monoisotopic (exact) mass is 857 g/mol. The van der Waals surface area contributed by atoms with Gasteiger partial charge in [0.2, 0.25) is 6.71 Å². The standard InChI is InChI=1S/C31H16BN2O2.C14H14N.Ir/c1-5-13-23-18(9-1)28-19(31-33-22-12-4-6-14-24(22)34(23)31)17-27-29-30(28)36-26-16-8-3-11-21(26)32(29)20-10-2-7-15-25(20)35-27;1-10-4-6-13(7-5-10)14-8-11(2)12(3)9-15-14;/h1-16H;4-6,8-9H,1-3H3;/q2*-1;/i;1D3,2D3,3D3;. The maximum absolute atomic E-state index is 7.54. The third-order valence-corrected chi connectivity index (χ3v) is 9.57. The predicted octanol–water partition coefficient (Wildman–Crippen LogP) is 8.79. The normalized spacial score (nSPS) is 15.5. The van der Waals surface area contributed by atoms with Crippen molar-refractivity contribution in [2.24, 2.45) is 0 Å². The van der Waals surface area contributed by atoms with Crippen LogP contribution in [0.5, 0.6) is 23.0 Å². The van der Waals surface area contributed by atoms with E-state index in [1.54, 1.807) is 0 Å². The van der Waals surface area contributed by atoms with Crippen LogP contribution in [0.3, 0.4) is 0 Å². The van der Waals surface area contributed by atoms with E-state index in [2.05, 4.69) is 94.3 Å². The average molecular weight is 857 g/mol. The molecule has 9 aromatic rings. The van der Waals surface area contributed by atoms with Crippen molar-refractivity contribution in [2.75, 3.05) is 0 Å². The summed E-state index contributed by atoms with van der Waals surface area (Å²) in [6, 6.07) is 45.1. The molecule has 11 rings (SSSR count). The number of aryl methyl sites for hydroxylation is 3. The minimum Gasteiger partial charge on any atom is -0.478 e. The Hall–Kier alpha value is -5.75. The molecule has 0 saturated heterocycles. The molecule has 2 aliphatic rings. The Balaban J connectivity index is 0.000000168. The van der Waals surface area contributed by atoms with Crippen molar-refractivity contribution in [3.63, 3.8) is 0 Å². The zero-order chi connectivity index (χ0) is 41.7. The molecular weight excluding hydrogens is 818 g/mol. The summed E-state index contributed by atoms with van der Waals surface area (Å²) in [4.78, 5) is 9.06. The number of hydrogen-bond donors (Lipinski definition) is 0. The second kappa shape index (κ2) is 12.5. The van der Waals surface area contributed by atoms with Crippen LogP contribution in [-0.4, -0.2) is 21.1 Å². The molecule has 5 nitrogen and oxygen atoms in total. The third kappa shape index (κ3) is 4.96. The summed E-state index contributed by atoms with van der Waals surface area (Å²) in [5.41, 5.74) is 7.35. The number of para-hydroxylation sites is 5. The number of rotatable bonds is 1. The van der Waals surface area contributed by atoms with Crippen LogP contribution in [0.4, 0.5) is 0 Å². The smallest absolute Gasteiger partial charge is 0.208 e. The third-order valence-electron chi connectivity index (χ3n) is 9.57. The van der Waals surface area contributed by atoms with Crippen molar-refractivity contribution in [3.8, 4) is 34.3 Å². The topological polar surface area (TPSA) is 48.7 Å². The number of pyridine rings is 2. The van der Waals surface area contributed by atoms with Gasteiger partial charge in [-0.25, -0.2) is 0 Å². The summed E-state index contributed by atoms with van der Waals surface area (Å²) in [7, 11) is 0. The molecular formula is C45H30BIrN3O2-2. The molecule has 7 heteroatoms. The molecule has 0 atom stereocenters. The predicted molar refractivity (Wildman–Crippen MR) is 207 cm³/mol. The van der Waals surface area contributed by atoms with E-state index in [0.717, 1.165) is 78.2 Å². The molecule has 2 aliphatic heterocycles. The maximum Gasteiger partial charge on any atom is 0.208 e. The van der Waals surface area contributed by atoms with Gasteiger partial charge in [-0.3, -0.25) is 4.98 Å². The Kier molecular flexibility index (Phi) is 5.68. The van der Waals surface area contributed by atoms with Crippen molar-refractivity contribution >= 4 is 61.5 Å². The first-order chi connectivity index (χ1) is 28.7. The second-order valence-electron chi connectivity index (χ2n) is 12.5. The van der Waals surface area contributed by atoms with E-state index in [9.17, 15) is 0 Å². The number of imidazole rings is 1. The summed E-state index contributed by atoms with van der Waals surface area (Å²) < 4.78 is 82.4. The zero-order valence-corrected chi connectivity index (χ0v) is 29.6. The number of benzene rings is 6. The molecule has 0 aliphatic carbocycles. The van der Waals surface area contributed by atoms with Crippen molar-refractivity contribution in [1.29, 1.82) is 0 Å². The van der Waals surface area contributed by atoms with E-state index >= 15 is 0 Å². The number of fused-ring (bicyclic) bond motifs is 13. The number of aromatic nitrogens is 3. The Morgan fingerprint density at radius 1 is 0.750 bits per heavy atom. The first-order valence-electron chi connectivity index (χ1n) is 20.9. The summed E-state index contributed by atoms with van der Waals surface area (Å²) >= 11 is 0. The summed E-state index contributed by atoms with van der Waals surface area (Å²) in [6.07, 6.45) is 1.02. The van der Waals surface area contributed by atoms with E-state index in [4.69, 9.17) is 26.8 Å². The van der Waals surface area contributed by atoms with Crippen molar-refractivity contribution < 1.29 is 41.9 Å². The van der Waals surface area contributed by atoms with Gasteiger partial charge >= 0.3 is 0 Å². The van der Waals surface area contributed by atoms with Crippen LogP contribution in [0.1, 0.15) is 29.0 Å². The van der Waals surface area contributed by atoms with Crippen molar-refractivity contribution in [2.45, 2.75) is 20.6 Å². The second-order valence-corrected chi connectivity index (χ2v) is 12.5. The molecule has 3 aromatic heterocycles. The summed E-state index contributed by atoms with van der Waals surface area (Å²) in [5, 5.41) is 3.03. The number of ether oxygens (including phenoxy) is 2. The van der Waals surface area contributed by atoms with Gasteiger partial charge in [-0.05, 0) is 71.6 Å². The molecule has 0 fully saturated rings. The minimum absolute atomic E-state index is 0. The number of nitrogens with zero attached hydrogens (tertiary/aromatic N) is 3. The van der Waals surface area contributed by atoms with Gasteiger partial charge in [0.1, 0.15) is 11.5 Å². The van der Waals surface area contributed by atoms with Crippen LogP contribution in [0, 0.1) is 32.7 Å². The minimum atomic E-state index is -2.61. The van der Waals surface area contributed by atoms with E-state index in [0.29, 0.717) is 11.3 Å². The zero-order valence-electron chi connectivity index (χ0n) is 36.2. The fraction of sp³-hybridized carbons (Fsp3) is 0.0667. The molecule has 0 N–H and O–H groups in total. The Morgan fingerprint density at radius 2 is 1.48 bits per heavy atom. The molecule has 0 spiro atoms. The number of hydrogen-bond acceptors (Lipinski definition) is 4. The fourth-order valence-electron chi connectivity index (χ4n) is 7.29. The fourth-order valence-corrected chi connectivity index (χ4v) is 7.29. The molecule has 251 valence electrons. The van der Waals surface area contributed by atoms with Gasteiger partial charge in [0.05, 0.1) is 22.4 Å². The Morgan fingerprint density at radius 3 is 2.25 bits per heavy atom. The van der Waals surface area contributed by atoms with Crippen molar-refractivity contribution in [3.05, 3.63) is 156 Å². The van der Waals surface area contributed by atoms with Gasteiger partial charge in [-0.15, -0.1) is 35.4 Å². The van der Waals surface area contributed by atoms with Crippen LogP contribution in [0.2, 0.25) is 0 Å². The van der Waals surface area contributed by atoms with E-state index in [-0.39, 0.29) is 49.2 Å². The first kappa shape index (κ1) is 23.7. The average Bonchev–Trinajstić information content (AvgIpc) is 3.63. The Bertz CT molecular complexity index is 3190. The van der Waals surface area contributed by atoms with Gasteiger partial charge < -0.3 is 18.9 Å². The van der Waals surface area contributed by atoms with E-state index in [1.807, 2.05) is 24.3 Å². The molecule has 0 saturated carbocycles. The molecule has 6 aromatic carbocycles. The quantitative estimate of drug-likeness (QED) is 0.0942. The van der Waals surface area contributed by atoms with E-state index in [1.165, 1.54) is 24.3 Å². The molecule has 1 radical (unpaired) electrons. The molecule has 52 heavy (non-hydrogen) atoms. The SMILES string of the molecule is [2H]C([2H])([2H])c1c[c-]c(-c2cc(C([2H])([2H])[2H])c(C([2H])([2H])[2H])cn2)cc1.[Ir].[c-]1c2c3c(c4c1c1nc5ccccc5n1c1ccccc41)Oc1ccccc1B3c1ccccc1O2. The van der Waals surface area contributed by atoms with Crippen LogP contribution in [0.15, 0.2) is 128 Å². The maximum atomic E-state index is 7.54. The Labute approximate surface area is 328 Å². The van der Waals surface area contributed by atoms with Gasteiger partial charge in [0, 0.05) is 49.9 Å². The largest absolute Gasteiger partial charge is 0.478 e. The molecule has 5 heterocycles. The van der Waals surface area contributed by atoms with Gasteiger partial charge in [-0.2, -0.15) is 0 Å². The van der Waals surface area contributed by atoms with Crippen molar-refractivity contribution in [1.82, 2.24) is 14.4 Å². The summed E-state index contributed by atoms with van der Waals surface area (Å²) in [6.45, 7) is -7.46. The van der Waals surface area contributed by atoms with Gasteiger partial charge in [0.25, 0.3) is 0 Å². The summed E-state index contributed by atoms with van der Waals surface area (Å²) in [5.74, 6) is 3.28. The van der Waals surface area contributed by atoms with E-state index < -0.39 is 20.6 Å². The molecule has 0 bridgehead atoms. The molecule has 0 unspecified atom stereocenters. The molecule has 0 amide bonds. The van der Waals surface area contributed by atoms with Crippen LogP contribution >= 0.6 is 0 Å². The van der Waals surface area contributed by atoms with Gasteiger partial charge in [-0.1, -0.05) is 108 Å². The van der Waals surface area contributed by atoms with Crippen LogP contribution < -0.4 is 25.9 Å². The van der Waals surface area contributed by atoms with Crippen LogP contribution in [-0.2, 0) is 20.1 Å².